The first-order valence-electron chi connectivity index (χ1n) is 3.49. The summed E-state index contributed by atoms with van der Waals surface area (Å²) in [4.78, 5) is 7.12. The topological polar surface area (TPSA) is 95.7 Å². The van der Waals surface area contributed by atoms with Gasteiger partial charge in [-0.2, -0.15) is 5.26 Å². The Labute approximate surface area is 95.9 Å². The van der Waals surface area contributed by atoms with Gasteiger partial charge in [0.25, 0.3) is 0 Å². The van der Waals surface area contributed by atoms with Gasteiger partial charge in [0.05, 0.1) is 6.07 Å². The molecule has 9 heteroatoms. The van der Waals surface area contributed by atoms with Crippen molar-refractivity contribution in [1.82, 2.24) is 9.97 Å². The Morgan fingerprint density at radius 2 is 2.13 bits per heavy atom. The van der Waals surface area contributed by atoms with E-state index in [1.807, 2.05) is 4.72 Å². The molecule has 0 fully saturated rings. The Balaban J connectivity index is 3.02. The molecule has 1 heterocycles. The minimum atomic E-state index is -3.77. The third-order valence-electron chi connectivity index (χ3n) is 1.25. The molecule has 80 valence electrons. The van der Waals surface area contributed by atoms with Crippen molar-refractivity contribution in [3.8, 4) is 6.07 Å². The van der Waals surface area contributed by atoms with Crippen LogP contribution in [0.15, 0.2) is 6.33 Å². The SMILES string of the molecule is N#CCS(=O)(=O)Nc1ncnc(Cl)c1Cl. The highest BCUT2D eigenvalue weighted by molar-refractivity contribution is 7.92. The molecular formula is C6H4Cl2N4O2S. The number of hydrogen-bond acceptors (Lipinski definition) is 5. The van der Waals surface area contributed by atoms with E-state index in [0.29, 0.717) is 0 Å². The van der Waals surface area contributed by atoms with E-state index in [2.05, 4.69) is 9.97 Å². The fourth-order valence-corrected chi connectivity index (χ4v) is 1.71. The minimum absolute atomic E-state index is 0.0682. The maximum absolute atomic E-state index is 11.2. The van der Waals surface area contributed by atoms with Gasteiger partial charge in [0.1, 0.15) is 11.3 Å². The molecule has 1 aromatic heterocycles. The molecule has 0 saturated carbocycles. The van der Waals surface area contributed by atoms with Crippen LogP contribution in [0.3, 0.4) is 0 Å². The number of halogens is 2. The first kappa shape index (κ1) is 12.0. The standard InChI is InChI=1S/C6H4Cl2N4O2S/c7-4-5(8)10-3-11-6(4)12-15(13,14)2-1-9/h3H,2H2,(H,10,11,12). The van der Waals surface area contributed by atoms with Crippen LogP contribution >= 0.6 is 23.2 Å². The molecule has 0 saturated heterocycles. The van der Waals surface area contributed by atoms with Crippen molar-refractivity contribution >= 4 is 39.0 Å². The van der Waals surface area contributed by atoms with Crippen LogP contribution in [0.5, 0.6) is 0 Å². The fraction of sp³-hybridized carbons (Fsp3) is 0.167. The maximum atomic E-state index is 11.2. The second-order valence-corrected chi connectivity index (χ2v) is 4.80. The number of nitrogens with zero attached hydrogens (tertiary/aromatic N) is 3. The molecule has 0 aromatic carbocycles. The molecule has 6 nitrogen and oxygen atoms in total. The zero-order valence-corrected chi connectivity index (χ0v) is 9.44. The third-order valence-corrected chi connectivity index (χ3v) is 3.01. The molecule has 0 atom stereocenters. The summed E-state index contributed by atoms with van der Waals surface area (Å²) >= 11 is 11.2. The van der Waals surface area contributed by atoms with Crippen molar-refractivity contribution in [3.63, 3.8) is 0 Å². The highest BCUT2D eigenvalue weighted by Crippen LogP contribution is 2.25. The number of aromatic nitrogens is 2. The van der Waals surface area contributed by atoms with Crippen LogP contribution < -0.4 is 4.72 Å². The predicted octanol–water partition coefficient (Wildman–Crippen LogP) is 1.05. The van der Waals surface area contributed by atoms with Gasteiger partial charge in [-0.1, -0.05) is 23.2 Å². The Hall–Kier alpha value is -1.10. The number of nitrogens with one attached hydrogen (secondary N) is 1. The van der Waals surface area contributed by atoms with Crippen LogP contribution in [-0.2, 0) is 10.0 Å². The van der Waals surface area contributed by atoms with Crippen molar-refractivity contribution < 1.29 is 8.42 Å². The molecule has 0 unspecified atom stereocenters. The van der Waals surface area contributed by atoms with Gasteiger partial charge in [0.2, 0.25) is 10.0 Å². The normalized spacial score (nSPS) is 10.7. The van der Waals surface area contributed by atoms with E-state index < -0.39 is 15.8 Å². The molecule has 0 aliphatic carbocycles. The van der Waals surface area contributed by atoms with Gasteiger partial charge in [0, 0.05) is 0 Å². The quantitative estimate of drug-likeness (QED) is 0.825. The summed E-state index contributed by atoms with van der Waals surface area (Å²) in [6, 6.07) is 1.49. The lowest BCUT2D eigenvalue weighted by molar-refractivity contribution is 0.604. The van der Waals surface area contributed by atoms with E-state index in [4.69, 9.17) is 28.5 Å². The summed E-state index contributed by atoms with van der Waals surface area (Å²) in [5, 5.41) is 8.06. The second-order valence-electron chi connectivity index (χ2n) is 2.35. The fourth-order valence-electron chi connectivity index (χ4n) is 0.688. The summed E-state index contributed by atoms with van der Waals surface area (Å²) in [6.07, 6.45) is 1.05. The molecule has 0 amide bonds. The van der Waals surface area contributed by atoms with Crippen LogP contribution in [0, 0.1) is 11.3 Å². The molecular weight excluding hydrogens is 263 g/mol. The zero-order valence-electron chi connectivity index (χ0n) is 7.11. The number of anilines is 1. The Kier molecular flexibility index (Phi) is 3.68. The third kappa shape index (κ3) is 3.20. The van der Waals surface area contributed by atoms with Crippen molar-refractivity contribution in [3.05, 3.63) is 16.5 Å². The molecule has 0 aliphatic heterocycles. The van der Waals surface area contributed by atoms with E-state index in [1.54, 1.807) is 0 Å². The van der Waals surface area contributed by atoms with Gasteiger partial charge in [-0.25, -0.2) is 18.4 Å². The highest BCUT2D eigenvalue weighted by Gasteiger charge is 2.14. The predicted molar refractivity (Wildman–Crippen MR) is 55.1 cm³/mol. The smallest absolute Gasteiger partial charge is 0.247 e. The van der Waals surface area contributed by atoms with Crippen LogP contribution in [0.1, 0.15) is 0 Å². The summed E-state index contributed by atoms with van der Waals surface area (Å²) in [6.45, 7) is 0. The van der Waals surface area contributed by atoms with E-state index in [-0.39, 0.29) is 16.0 Å². The molecule has 0 aliphatic rings. The lowest BCUT2D eigenvalue weighted by atomic mass is 10.6. The molecule has 0 spiro atoms. The average Bonchev–Trinajstić information content (AvgIpc) is 2.12. The van der Waals surface area contributed by atoms with Crippen molar-refractivity contribution in [2.45, 2.75) is 0 Å². The number of sulfonamides is 1. The van der Waals surface area contributed by atoms with E-state index >= 15 is 0 Å². The molecule has 1 aromatic rings. The van der Waals surface area contributed by atoms with Crippen LogP contribution in [0.2, 0.25) is 10.2 Å². The minimum Gasteiger partial charge on any atom is -0.265 e. The van der Waals surface area contributed by atoms with E-state index in [9.17, 15) is 8.42 Å². The molecule has 1 N–H and O–H groups in total. The van der Waals surface area contributed by atoms with Gasteiger partial charge in [-0.15, -0.1) is 0 Å². The summed E-state index contributed by atoms with van der Waals surface area (Å²) < 4.78 is 24.3. The monoisotopic (exact) mass is 266 g/mol. The number of rotatable bonds is 3. The Morgan fingerprint density at radius 3 is 2.73 bits per heavy atom. The van der Waals surface area contributed by atoms with Crippen molar-refractivity contribution in [2.24, 2.45) is 0 Å². The largest absolute Gasteiger partial charge is 0.265 e. The summed E-state index contributed by atoms with van der Waals surface area (Å²) in [5.41, 5.74) is 0. The summed E-state index contributed by atoms with van der Waals surface area (Å²) in [7, 11) is -3.77. The Morgan fingerprint density at radius 1 is 1.47 bits per heavy atom. The van der Waals surface area contributed by atoms with Gasteiger partial charge in [0.15, 0.2) is 16.7 Å². The molecule has 1 rings (SSSR count). The Bertz CT molecular complexity index is 510. The van der Waals surface area contributed by atoms with Gasteiger partial charge >= 0.3 is 0 Å². The van der Waals surface area contributed by atoms with Crippen LogP contribution in [0.4, 0.5) is 5.82 Å². The van der Waals surface area contributed by atoms with E-state index in [1.165, 1.54) is 6.07 Å². The number of hydrogen-bond donors (Lipinski definition) is 1. The lowest BCUT2D eigenvalue weighted by Crippen LogP contribution is -2.16. The molecule has 15 heavy (non-hydrogen) atoms. The first-order chi connectivity index (χ1) is 6.96. The second kappa shape index (κ2) is 4.61. The molecule has 0 radical (unpaired) electrons. The zero-order chi connectivity index (χ0) is 11.5. The first-order valence-corrected chi connectivity index (χ1v) is 5.90. The van der Waals surface area contributed by atoms with Gasteiger partial charge in [-0.3, -0.25) is 4.72 Å². The van der Waals surface area contributed by atoms with Crippen molar-refractivity contribution in [2.75, 3.05) is 10.5 Å². The number of nitriles is 1. The van der Waals surface area contributed by atoms with Gasteiger partial charge < -0.3 is 0 Å². The van der Waals surface area contributed by atoms with Crippen molar-refractivity contribution in [1.29, 1.82) is 5.26 Å². The van der Waals surface area contributed by atoms with Crippen LogP contribution in [-0.4, -0.2) is 24.1 Å². The average molecular weight is 267 g/mol. The summed E-state index contributed by atoms with van der Waals surface area (Å²) in [5.74, 6) is -0.836. The van der Waals surface area contributed by atoms with E-state index in [0.717, 1.165) is 6.33 Å². The maximum Gasteiger partial charge on any atom is 0.247 e. The van der Waals surface area contributed by atoms with Gasteiger partial charge in [-0.05, 0) is 0 Å². The van der Waals surface area contributed by atoms with Crippen LogP contribution in [0.25, 0.3) is 0 Å². The lowest BCUT2D eigenvalue weighted by Gasteiger charge is -2.05. The highest BCUT2D eigenvalue weighted by atomic mass is 35.5. The molecule has 0 bridgehead atoms.